The van der Waals surface area contributed by atoms with Crippen LogP contribution >= 0.6 is 0 Å². The third kappa shape index (κ3) is 2.45. The molecule has 3 heteroatoms. The first-order valence-electron chi connectivity index (χ1n) is 7.44. The molecule has 0 aromatic heterocycles. The Hall–Kier alpha value is -0.120. The van der Waals surface area contributed by atoms with Crippen LogP contribution in [-0.4, -0.2) is 62.2 Å². The van der Waals surface area contributed by atoms with Crippen molar-refractivity contribution in [3.05, 3.63) is 0 Å². The molecule has 106 valence electrons. The van der Waals surface area contributed by atoms with Crippen molar-refractivity contribution in [1.82, 2.24) is 15.1 Å². The van der Waals surface area contributed by atoms with Crippen LogP contribution in [0.5, 0.6) is 0 Å². The highest BCUT2D eigenvalue weighted by Crippen LogP contribution is 2.41. The van der Waals surface area contributed by atoms with Crippen molar-refractivity contribution < 1.29 is 0 Å². The van der Waals surface area contributed by atoms with Crippen LogP contribution < -0.4 is 5.32 Å². The number of hydrogen-bond donors (Lipinski definition) is 1. The monoisotopic (exact) mass is 253 g/mol. The van der Waals surface area contributed by atoms with E-state index in [0.717, 1.165) is 18.0 Å². The summed E-state index contributed by atoms with van der Waals surface area (Å²) in [6.45, 7) is 9.74. The molecule has 1 heterocycles. The quantitative estimate of drug-likeness (QED) is 0.825. The molecule has 0 spiro atoms. The Morgan fingerprint density at radius 1 is 1.22 bits per heavy atom. The highest BCUT2D eigenvalue weighted by atomic mass is 15.3. The molecule has 0 aromatic rings. The molecule has 2 rings (SSSR count). The Morgan fingerprint density at radius 2 is 1.89 bits per heavy atom. The molecular formula is C15H31N3. The molecule has 1 saturated heterocycles. The summed E-state index contributed by atoms with van der Waals surface area (Å²) in [4.78, 5) is 5.14. The summed E-state index contributed by atoms with van der Waals surface area (Å²) in [5.74, 6) is 0.793. The molecule has 1 aliphatic heterocycles. The van der Waals surface area contributed by atoms with E-state index < -0.39 is 0 Å². The lowest BCUT2D eigenvalue weighted by molar-refractivity contribution is 0.165. The first-order chi connectivity index (χ1) is 8.36. The summed E-state index contributed by atoms with van der Waals surface area (Å²) < 4.78 is 0. The maximum Gasteiger partial charge on any atom is 0.0271 e. The molecule has 0 amide bonds. The van der Waals surface area contributed by atoms with E-state index in [1.807, 2.05) is 0 Å². The Morgan fingerprint density at radius 3 is 2.39 bits per heavy atom. The highest BCUT2D eigenvalue weighted by molar-refractivity contribution is 5.03. The summed E-state index contributed by atoms with van der Waals surface area (Å²) in [5.41, 5.74) is 0.443. The van der Waals surface area contributed by atoms with Gasteiger partial charge in [0.05, 0.1) is 0 Å². The van der Waals surface area contributed by atoms with Crippen LogP contribution in [0.2, 0.25) is 0 Å². The van der Waals surface area contributed by atoms with Gasteiger partial charge in [-0.05, 0) is 45.3 Å². The Balaban J connectivity index is 2.05. The number of likely N-dealkylation sites (N-methyl/N-ethyl adjacent to an activating group) is 2. The molecule has 3 nitrogen and oxygen atoms in total. The number of rotatable bonds is 3. The maximum atomic E-state index is 3.58. The molecule has 0 radical (unpaired) electrons. The number of likely N-dealkylation sites (tertiary alicyclic amines) is 1. The number of nitrogens with one attached hydrogen (secondary N) is 1. The van der Waals surface area contributed by atoms with E-state index in [2.05, 4.69) is 57.0 Å². The fourth-order valence-corrected chi connectivity index (χ4v) is 4.27. The predicted octanol–water partition coefficient (Wildman–Crippen LogP) is 1.64. The van der Waals surface area contributed by atoms with Gasteiger partial charge in [0.2, 0.25) is 0 Å². The van der Waals surface area contributed by atoms with Gasteiger partial charge >= 0.3 is 0 Å². The van der Waals surface area contributed by atoms with Crippen LogP contribution in [0.4, 0.5) is 0 Å². The number of hydrogen-bond acceptors (Lipinski definition) is 3. The minimum absolute atomic E-state index is 0.443. The third-order valence-electron chi connectivity index (χ3n) is 5.36. The van der Waals surface area contributed by atoms with Crippen LogP contribution in [0, 0.1) is 11.3 Å². The SMILES string of the molecule is CNC1C(N2CC(C)C(N(C)C)C2)CCC1(C)C. The lowest BCUT2D eigenvalue weighted by atomic mass is 9.86. The molecule has 0 bridgehead atoms. The van der Waals surface area contributed by atoms with E-state index in [9.17, 15) is 0 Å². The van der Waals surface area contributed by atoms with E-state index in [4.69, 9.17) is 0 Å². The topological polar surface area (TPSA) is 18.5 Å². The van der Waals surface area contributed by atoms with Gasteiger partial charge in [-0.2, -0.15) is 0 Å². The highest BCUT2D eigenvalue weighted by Gasteiger charge is 2.46. The van der Waals surface area contributed by atoms with Crippen molar-refractivity contribution >= 4 is 0 Å². The van der Waals surface area contributed by atoms with Crippen LogP contribution in [0.15, 0.2) is 0 Å². The average molecular weight is 253 g/mol. The van der Waals surface area contributed by atoms with Gasteiger partial charge in [0.15, 0.2) is 0 Å². The molecule has 1 N–H and O–H groups in total. The van der Waals surface area contributed by atoms with Crippen molar-refractivity contribution in [2.24, 2.45) is 11.3 Å². The van der Waals surface area contributed by atoms with Gasteiger partial charge in [0, 0.05) is 31.2 Å². The molecule has 2 aliphatic rings. The van der Waals surface area contributed by atoms with Crippen LogP contribution in [0.25, 0.3) is 0 Å². The van der Waals surface area contributed by atoms with Crippen molar-refractivity contribution in [2.75, 3.05) is 34.2 Å². The maximum absolute atomic E-state index is 3.58. The molecule has 18 heavy (non-hydrogen) atoms. The van der Waals surface area contributed by atoms with Gasteiger partial charge in [-0.15, -0.1) is 0 Å². The molecule has 1 saturated carbocycles. The summed E-state index contributed by atoms with van der Waals surface area (Å²) in [6.07, 6.45) is 2.70. The molecular weight excluding hydrogens is 222 g/mol. The van der Waals surface area contributed by atoms with Crippen molar-refractivity contribution in [3.63, 3.8) is 0 Å². The minimum Gasteiger partial charge on any atom is -0.315 e. The Labute approximate surface area is 113 Å². The molecule has 4 atom stereocenters. The smallest absolute Gasteiger partial charge is 0.0271 e. The van der Waals surface area contributed by atoms with Crippen molar-refractivity contribution in [3.8, 4) is 0 Å². The van der Waals surface area contributed by atoms with E-state index >= 15 is 0 Å². The summed E-state index contributed by atoms with van der Waals surface area (Å²) >= 11 is 0. The zero-order chi connectivity index (χ0) is 13.5. The normalized spacial score (nSPS) is 40.8. The predicted molar refractivity (Wildman–Crippen MR) is 77.9 cm³/mol. The van der Waals surface area contributed by atoms with Gasteiger partial charge in [0.25, 0.3) is 0 Å². The second-order valence-corrected chi connectivity index (χ2v) is 7.32. The van der Waals surface area contributed by atoms with Crippen LogP contribution in [-0.2, 0) is 0 Å². The molecule has 4 unspecified atom stereocenters. The van der Waals surface area contributed by atoms with Gasteiger partial charge < -0.3 is 10.2 Å². The van der Waals surface area contributed by atoms with Crippen LogP contribution in [0.3, 0.4) is 0 Å². The first-order valence-corrected chi connectivity index (χ1v) is 7.44. The average Bonchev–Trinajstić information content (AvgIpc) is 2.78. The lowest BCUT2D eigenvalue weighted by Gasteiger charge is -2.35. The van der Waals surface area contributed by atoms with Crippen LogP contribution in [0.1, 0.15) is 33.6 Å². The fourth-order valence-electron chi connectivity index (χ4n) is 4.27. The second kappa shape index (κ2) is 5.10. The van der Waals surface area contributed by atoms with Gasteiger partial charge in [-0.1, -0.05) is 20.8 Å². The molecule has 0 aromatic carbocycles. The zero-order valence-corrected chi connectivity index (χ0v) is 13.0. The van der Waals surface area contributed by atoms with Gasteiger partial charge in [-0.3, -0.25) is 4.90 Å². The first kappa shape index (κ1) is 14.3. The summed E-state index contributed by atoms with van der Waals surface area (Å²) in [7, 11) is 6.57. The molecule has 1 aliphatic carbocycles. The standard InChI is InChI=1S/C15H31N3/c1-11-9-18(10-13(11)17(5)6)12-7-8-15(2,3)14(12)16-4/h11-14,16H,7-10H2,1-6H3. The van der Waals surface area contributed by atoms with E-state index in [-0.39, 0.29) is 0 Å². The van der Waals surface area contributed by atoms with Gasteiger partial charge in [0.1, 0.15) is 0 Å². The van der Waals surface area contributed by atoms with E-state index in [0.29, 0.717) is 11.5 Å². The molecule has 2 fully saturated rings. The van der Waals surface area contributed by atoms with E-state index in [1.54, 1.807) is 0 Å². The van der Waals surface area contributed by atoms with Crippen molar-refractivity contribution in [1.29, 1.82) is 0 Å². The third-order valence-corrected chi connectivity index (χ3v) is 5.36. The summed E-state index contributed by atoms with van der Waals surface area (Å²) in [6, 6.07) is 2.11. The van der Waals surface area contributed by atoms with Gasteiger partial charge in [-0.25, -0.2) is 0 Å². The fraction of sp³-hybridized carbons (Fsp3) is 1.00. The van der Waals surface area contributed by atoms with Crippen molar-refractivity contribution in [2.45, 2.75) is 51.7 Å². The Bertz CT molecular complexity index is 287. The zero-order valence-electron chi connectivity index (χ0n) is 13.0. The number of nitrogens with zero attached hydrogens (tertiary/aromatic N) is 2. The van der Waals surface area contributed by atoms with E-state index in [1.165, 1.54) is 25.9 Å². The lowest BCUT2D eigenvalue weighted by Crippen LogP contribution is -2.50. The largest absolute Gasteiger partial charge is 0.315 e. The minimum atomic E-state index is 0.443. The Kier molecular flexibility index (Phi) is 4.05. The summed E-state index contributed by atoms with van der Waals surface area (Å²) in [5, 5.41) is 3.58. The second-order valence-electron chi connectivity index (χ2n) is 7.32.